The molecule has 130 valence electrons. The maximum absolute atomic E-state index is 5.98. The van der Waals surface area contributed by atoms with Gasteiger partial charge in [0.1, 0.15) is 5.75 Å². The van der Waals surface area contributed by atoms with E-state index in [0.29, 0.717) is 5.92 Å². The van der Waals surface area contributed by atoms with Crippen molar-refractivity contribution in [3.05, 3.63) is 29.8 Å². The van der Waals surface area contributed by atoms with Gasteiger partial charge < -0.3 is 15.0 Å². The second-order valence-electron chi connectivity index (χ2n) is 7.24. The molecule has 1 N–H and O–H groups in total. The first-order valence-electron chi connectivity index (χ1n) is 9.26. The van der Waals surface area contributed by atoms with Crippen molar-refractivity contribution in [1.29, 1.82) is 0 Å². The van der Waals surface area contributed by atoms with Crippen molar-refractivity contribution >= 4 is 0 Å². The van der Waals surface area contributed by atoms with E-state index in [1.165, 1.54) is 44.5 Å². The number of piperidine rings is 1. The Balaban J connectivity index is 1.76. The van der Waals surface area contributed by atoms with Gasteiger partial charge in [0.05, 0.1) is 6.61 Å². The van der Waals surface area contributed by atoms with Crippen LogP contribution >= 0.6 is 0 Å². The van der Waals surface area contributed by atoms with Crippen molar-refractivity contribution in [3.63, 3.8) is 0 Å². The maximum Gasteiger partial charge on any atom is 0.122 e. The Kier molecular flexibility index (Phi) is 7.90. The molecule has 1 aromatic carbocycles. The second-order valence-corrected chi connectivity index (χ2v) is 7.24. The van der Waals surface area contributed by atoms with Gasteiger partial charge in [-0.3, -0.25) is 0 Å². The summed E-state index contributed by atoms with van der Waals surface area (Å²) in [7, 11) is 2.03. The number of hydrogen-bond acceptors (Lipinski definition) is 3. The van der Waals surface area contributed by atoms with Crippen molar-refractivity contribution in [2.24, 2.45) is 11.8 Å². The summed E-state index contributed by atoms with van der Waals surface area (Å²) >= 11 is 0. The summed E-state index contributed by atoms with van der Waals surface area (Å²) in [4.78, 5) is 2.59. The molecule has 0 aromatic heterocycles. The van der Waals surface area contributed by atoms with Gasteiger partial charge in [0.2, 0.25) is 0 Å². The molecule has 3 nitrogen and oxygen atoms in total. The van der Waals surface area contributed by atoms with Crippen LogP contribution in [0, 0.1) is 11.8 Å². The maximum atomic E-state index is 5.98. The molecule has 0 unspecified atom stereocenters. The highest BCUT2D eigenvalue weighted by atomic mass is 16.5. The number of rotatable bonds is 9. The number of nitrogens with one attached hydrogen (secondary N) is 1. The molecule has 0 radical (unpaired) electrons. The molecule has 23 heavy (non-hydrogen) atoms. The Hall–Kier alpha value is -1.06. The van der Waals surface area contributed by atoms with Crippen LogP contribution in [0.3, 0.4) is 0 Å². The minimum absolute atomic E-state index is 0.574. The lowest BCUT2D eigenvalue weighted by Gasteiger charge is -2.32. The lowest BCUT2D eigenvalue weighted by molar-refractivity contribution is 0.180. The monoisotopic (exact) mass is 318 g/mol. The summed E-state index contributed by atoms with van der Waals surface area (Å²) in [5, 5.41) is 3.24. The SMILES string of the molecule is CNCCN1CCC(CCc2ccccc2OCC(C)C)CC1. The molecule has 1 aliphatic heterocycles. The van der Waals surface area contributed by atoms with Crippen molar-refractivity contribution < 1.29 is 4.74 Å². The van der Waals surface area contributed by atoms with Crippen LogP contribution in [0.1, 0.15) is 38.7 Å². The number of likely N-dealkylation sites (tertiary alicyclic amines) is 1. The molecule has 1 saturated heterocycles. The van der Waals surface area contributed by atoms with Gasteiger partial charge in [-0.2, -0.15) is 0 Å². The molecule has 0 amide bonds. The summed E-state index contributed by atoms with van der Waals surface area (Å²) in [5.41, 5.74) is 1.38. The molecule has 1 fully saturated rings. The zero-order valence-electron chi connectivity index (χ0n) is 15.2. The quantitative estimate of drug-likeness (QED) is 0.753. The highest BCUT2D eigenvalue weighted by Gasteiger charge is 2.19. The number of ether oxygens (including phenoxy) is 1. The van der Waals surface area contributed by atoms with E-state index in [2.05, 4.69) is 48.3 Å². The lowest BCUT2D eigenvalue weighted by Crippen LogP contribution is -2.37. The van der Waals surface area contributed by atoms with Crippen LogP contribution in [0.15, 0.2) is 24.3 Å². The Labute approximate surface area is 142 Å². The molecule has 1 heterocycles. The van der Waals surface area contributed by atoms with Crippen molar-refractivity contribution in [1.82, 2.24) is 10.2 Å². The first-order chi connectivity index (χ1) is 11.2. The van der Waals surface area contributed by atoms with Gasteiger partial charge in [-0.05, 0) is 69.3 Å². The van der Waals surface area contributed by atoms with Gasteiger partial charge in [0.15, 0.2) is 0 Å². The van der Waals surface area contributed by atoms with Crippen molar-refractivity contribution in [3.8, 4) is 5.75 Å². The van der Waals surface area contributed by atoms with Gasteiger partial charge in [-0.1, -0.05) is 32.0 Å². The molecular formula is C20H34N2O. The van der Waals surface area contributed by atoms with E-state index in [0.717, 1.165) is 31.2 Å². The largest absolute Gasteiger partial charge is 0.493 e. The van der Waals surface area contributed by atoms with Gasteiger partial charge in [0, 0.05) is 13.1 Å². The summed E-state index contributed by atoms with van der Waals surface area (Å²) < 4.78 is 5.98. The van der Waals surface area contributed by atoms with E-state index < -0.39 is 0 Å². The summed E-state index contributed by atoms with van der Waals surface area (Å²) in [6, 6.07) is 8.58. The molecule has 2 rings (SSSR count). The number of benzene rings is 1. The van der Waals surface area contributed by atoms with Crippen molar-refractivity contribution in [2.75, 3.05) is 39.8 Å². The Morgan fingerprint density at radius 2 is 1.96 bits per heavy atom. The van der Waals surface area contributed by atoms with E-state index in [4.69, 9.17) is 4.74 Å². The normalized spacial score (nSPS) is 16.9. The van der Waals surface area contributed by atoms with E-state index in [1.807, 2.05) is 7.05 Å². The molecular weight excluding hydrogens is 284 g/mol. The highest BCUT2D eigenvalue weighted by molar-refractivity contribution is 5.33. The zero-order chi connectivity index (χ0) is 16.5. The fourth-order valence-corrected chi connectivity index (χ4v) is 3.24. The van der Waals surface area contributed by atoms with Crippen LogP contribution in [-0.2, 0) is 6.42 Å². The minimum atomic E-state index is 0.574. The van der Waals surface area contributed by atoms with Gasteiger partial charge in [-0.15, -0.1) is 0 Å². The van der Waals surface area contributed by atoms with Crippen LogP contribution in [-0.4, -0.2) is 44.7 Å². The van der Waals surface area contributed by atoms with Crippen LogP contribution < -0.4 is 10.1 Å². The van der Waals surface area contributed by atoms with Crippen LogP contribution in [0.4, 0.5) is 0 Å². The third-order valence-electron chi connectivity index (χ3n) is 4.75. The fourth-order valence-electron chi connectivity index (χ4n) is 3.24. The number of aryl methyl sites for hydroxylation is 1. The van der Waals surface area contributed by atoms with E-state index in [9.17, 15) is 0 Å². The average molecular weight is 319 g/mol. The molecule has 1 aromatic rings. The number of likely N-dealkylation sites (N-methyl/N-ethyl adjacent to an activating group) is 1. The number of para-hydroxylation sites is 1. The van der Waals surface area contributed by atoms with Gasteiger partial charge in [-0.25, -0.2) is 0 Å². The first-order valence-corrected chi connectivity index (χ1v) is 9.26. The van der Waals surface area contributed by atoms with E-state index >= 15 is 0 Å². The fraction of sp³-hybridized carbons (Fsp3) is 0.700. The molecule has 1 aliphatic rings. The second kappa shape index (κ2) is 9.94. The number of nitrogens with zero attached hydrogens (tertiary/aromatic N) is 1. The highest BCUT2D eigenvalue weighted by Crippen LogP contribution is 2.26. The summed E-state index contributed by atoms with van der Waals surface area (Å²) in [6.07, 6.45) is 5.13. The third kappa shape index (κ3) is 6.52. The molecule has 0 atom stereocenters. The average Bonchev–Trinajstić information content (AvgIpc) is 2.58. The smallest absolute Gasteiger partial charge is 0.122 e. The molecule has 0 bridgehead atoms. The van der Waals surface area contributed by atoms with Gasteiger partial charge in [0.25, 0.3) is 0 Å². The summed E-state index contributed by atoms with van der Waals surface area (Å²) in [6.45, 7) is 10.0. The van der Waals surface area contributed by atoms with E-state index in [1.54, 1.807) is 0 Å². The predicted octanol–water partition coefficient (Wildman–Crippen LogP) is 3.59. The van der Waals surface area contributed by atoms with Crippen molar-refractivity contribution in [2.45, 2.75) is 39.5 Å². The Bertz CT molecular complexity index is 439. The van der Waals surface area contributed by atoms with Crippen LogP contribution in [0.2, 0.25) is 0 Å². The predicted molar refractivity (Wildman–Crippen MR) is 98.2 cm³/mol. The Morgan fingerprint density at radius 3 is 2.65 bits per heavy atom. The minimum Gasteiger partial charge on any atom is -0.493 e. The first kappa shape index (κ1) is 18.3. The molecule has 0 saturated carbocycles. The molecule has 0 aliphatic carbocycles. The third-order valence-corrected chi connectivity index (χ3v) is 4.75. The standard InChI is InChI=1S/C20H34N2O/c1-17(2)16-23-20-7-5-4-6-19(20)9-8-18-10-13-22(14-11-18)15-12-21-3/h4-7,17-18,21H,8-16H2,1-3H3. The van der Waals surface area contributed by atoms with Crippen LogP contribution in [0.25, 0.3) is 0 Å². The Morgan fingerprint density at radius 1 is 1.22 bits per heavy atom. The van der Waals surface area contributed by atoms with Gasteiger partial charge >= 0.3 is 0 Å². The lowest BCUT2D eigenvalue weighted by atomic mass is 9.90. The zero-order valence-corrected chi connectivity index (χ0v) is 15.2. The molecule has 0 spiro atoms. The van der Waals surface area contributed by atoms with Crippen LogP contribution in [0.5, 0.6) is 5.75 Å². The number of hydrogen-bond donors (Lipinski definition) is 1. The summed E-state index contributed by atoms with van der Waals surface area (Å²) in [5.74, 6) is 2.54. The topological polar surface area (TPSA) is 24.5 Å². The van der Waals surface area contributed by atoms with E-state index in [-0.39, 0.29) is 0 Å². The molecule has 3 heteroatoms.